The van der Waals surface area contributed by atoms with Gasteiger partial charge in [-0.1, -0.05) is 50.8 Å². The maximum atomic E-state index is 12.7. The molecule has 0 aliphatic rings. The summed E-state index contributed by atoms with van der Waals surface area (Å²) in [7, 11) is 0. The minimum atomic E-state index is -1.50. The zero-order valence-corrected chi connectivity index (χ0v) is 35.0. The highest BCUT2D eigenvalue weighted by Gasteiger charge is 2.37. The third-order valence-corrected chi connectivity index (χ3v) is 8.85. The molecule has 0 spiro atoms. The predicted octanol–water partition coefficient (Wildman–Crippen LogP) is 7.19. The number of carbonyl (C=O) groups is 7. The molecule has 3 rings (SSSR count). The number of ether oxygens (including phenoxy) is 8. The van der Waals surface area contributed by atoms with Crippen LogP contribution < -0.4 is 14.2 Å². The average molecular weight is 857 g/mol. The minimum absolute atomic E-state index is 0.275. The van der Waals surface area contributed by atoms with Gasteiger partial charge in [-0.15, -0.1) is 0 Å². The SMILES string of the molecule is C=CC(=O)OCC(COC(=O)C=C)(COC(=O)C=C)COC(=O)CCC(=O)OC(CCC)CCCCOc1ccc(C(=O)Oc2ccc(OC(=O)c3ccc(C)cc3)cc2)cc1. The van der Waals surface area contributed by atoms with E-state index in [0.717, 1.165) is 30.2 Å². The maximum Gasteiger partial charge on any atom is 0.343 e. The summed E-state index contributed by atoms with van der Waals surface area (Å²) in [6.45, 7) is 12.3. The van der Waals surface area contributed by atoms with Crippen LogP contribution in [0, 0.1) is 12.3 Å². The van der Waals surface area contributed by atoms with E-state index in [1.165, 1.54) is 24.3 Å². The molecule has 0 bridgehead atoms. The Morgan fingerprint density at radius 2 is 1.00 bits per heavy atom. The fraction of sp³-hybridized carbons (Fsp3) is 0.340. The first kappa shape index (κ1) is 49.3. The molecule has 62 heavy (non-hydrogen) atoms. The summed E-state index contributed by atoms with van der Waals surface area (Å²) in [5, 5.41) is 0. The van der Waals surface area contributed by atoms with Crippen molar-refractivity contribution in [1.29, 1.82) is 0 Å². The molecule has 0 saturated heterocycles. The van der Waals surface area contributed by atoms with E-state index in [4.69, 9.17) is 37.9 Å². The Balaban J connectivity index is 1.40. The van der Waals surface area contributed by atoms with E-state index in [-0.39, 0.29) is 24.7 Å². The molecule has 3 aromatic rings. The quantitative estimate of drug-likeness (QED) is 0.0246. The molecule has 0 aliphatic heterocycles. The molecule has 330 valence electrons. The highest BCUT2D eigenvalue weighted by Crippen LogP contribution is 2.24. The monoisotopic (exact) mass is 856 g/mol. The largest absolute Gasteiger partial charge is 0.494 e. The van der Waals surface area contributed by atoms with Gasteiger partial charge in [0, 0.05) is 18.2 Å². The summed E-state index contributed by atoms with van der Waals surface area (Å²) in [6.07, 6.45) is 4.95. The highest BCUT2D eigenvalue weighted by molar-refractivity contribution is 5.92. The fourth-order valence-corrected chi connectivity index (χ4v) is 5.39. The van der Waals surface area contributed by atoms with Gasteiger partial charge in [0.05, 0.1) is 30.6 Å². The van der Waals surface area contributed by atoms with E-state index in [9.17, 15) is 33.6 Å². The van der Waals surface area contributed by atoms with Crippen LogP contribution in [0.25, 0.3) is 0 Å². The second kappa shape index (κ2) is 26.2. The second-order valence-electron chi connectivity index (χ2n) is 14.0. The molecule has 1 atom stereocenters. The summed E-state index contributed by atoms with van der Waals surface area (Å²) < 4.78 is 43.0. The zero-order chi connectivity index (χ0) is 45.3. The van der Waals surface area contributed by atoms with Crippen molar-refractivity contribution in [3.63, 3.8) is 0 Å². The first-order valence-electron chi connectivity index (χ1n) is 19.8. The molecule has 3 aromatic carbocycles. The standard InChI is InChI=1S/C47H52O15/c1-6-12-37(60-44(52)27-26-43(51)59-32-47(29-56-40(48)7-2,30-57-41(49)8-3)31-58-42(50)9-4)13-10-11-28-55-36-20-18-35(19-21-36)46(54)62-39-24-22-38(23-25-39)61-45(53)34-16-14-33(5)15-17-34/h7-9,14-25,37H,2-4,6,10-13,26-32H2,1,5H3. The summed E-state index contributed by atoms with van der Waals surface area (Å²) >= 11 is 0. The smallest absolute Gasteiger partial charge is 0.343 e. The molecule has 0 fully saturated rings. The lowest BCUT2D eigenvalue weighted by Crippen LogP contribution is -2.43. The van der Waals surface area contributed by atoms with Crippen molar-refractivity contribution in [2.45, 2.75) is 64.9 Å². The van der Waals surface area contributed by atoms with Crippen molar-refractivity contribution in [3.8, 4) is 17.2 Å². The van der Waals surface area contributed by atoms with Crippen LogP contribution >= 0.6 is 0 Å². The Kier molecular flexibility index (Phi) is 20.9. The molecular weight excluding hydrogens is 805 g/mol. The first-order chi connectivity index (χ1) is 29.8. The lowest BCUT2D eigenvalue weighted by molar-refractivity contribution is -0.167. The number of benzene rings is 3. The van der Waals surface area contributed by atoms with E-state index >= 15 is 0 Å². The van der Waals surface area contributed by atoms with Crippen LogP contribution in [0.15, 0.2) is 111 Å². The van der Waals surface area contributed by atoms with Crippen LogP contribution in [0.2, 0.25) is 0 Å². The number of esters is 7. The molecule has 0 aromatic heterocycles. The number of hydrogen-bond acceptors (Lipinski definition) is 15. The third kappa shape index (κ3) is 18.1. The maximum absolute atomic E-state index is 12.7. The molecular formula is C47H52O15. The van der Waals surface area contributed by atoms with Crippen LogP contribution in [-0.2, 0) is 47.7 Å². The van der Waals surface area contributed by atoms with Crippen LogP contribution in [0.4, 0.5) is 0 Å². The molecule has 0 saturated carbocycles. The summed E-state index contributed by atoms with van der Waals surface area (Å²) in [4.78, 5) is 85.9. The van der Waals surface area contributed by atoms with Gasteiger partial charge in [0.1, 0.15) is 55.2 Å². The predicted molar refractivity (Wildman–Crippen MR) is 224 cm³/mol. The Hall–Kier alpha value is -7.03. The lowest BCUT2D eigenvalue weighted by atomic mass is 9.92. The highest BCUT2D eigenvalue weighted by atomic mass is 16.6. The lowest BCUT2D eigenvalue weighted by Gasteiger charge is -2.31. The van der Waals surface area contributed by atoms with Gasteiger partial charge < -0.3 is 37.9 Å². The number of rotatable bonds is 27. The molecule has 1 unspecified atom stereocenters. The Labute approximate surface area is 360 Å². The number of carbonyl (C=O) groups excluding carboxylic acids is 7. The summed E-state index contributed by atoms with van der Waals surface area (Å²) in [6, 6.07) is 19.6. The summed E-state index contributed by atoms with van der Waals surface area (Å²) in [5.41, 5.74) is 0.252. The topological polar surface area (TPSA) is 193 Å². The average Bonchev–Trinajstić information content (AvgIpc) is 3.28. The Morgan fingerprint density at radius 3 is 1.47 bits per heavy atom. The Bertz CT molecular complexity index is 1940. The van der Waals surface area contributed by atoms with Crippen molar-refractivity contribution >= 4 is 41.8 Å². The Morgan fingerprint density at radius 1 is 0.565 bits per heavy atom. The van der Waals surface area contributed by atoms with Gasteiger partial charge in [-0.2, -0.15) is 0 Å². The van der Waals surface area contributed by atoms with Crippen molar-refractivity contribution in [1.82, 2.24) is 0 Å². The van der Waals surface area contributed by atoms with E-state index in [2.05, 4.69) is 19.7 Å². The third-order valence-electron chi connectivity index (χ3n) is 8.85. The number of aryl methyl sites for hydroxylation is 1. The van der Waals surface area contributed by atoms with Crippen LogP contribution in [0.5, 0.6) is 17.2 Å². The van der Waals surface area contributed by atoms with Gasteiger partial charge in [-0.05, 0) is 93.3 Å². The molecule has 0 aliphatic carbocycles. The van der Waals surface area contributed by atoms with Crippen molar-refractivity contribution in [2.75, 3.05) is 33.0 Å². The van der Waals surface area contributed by atoms with Gasteiger partial charge in [-0.3, -0.25) is 9.59 Å². The molecule has 15 heteroatoms. The second-order valence-corrected chi connectivity index (χ2v) is 14.0. The van der Waals surface area contributed by atoms with Gasteiger partial charge in [0.2, 0.25) is 0 Å². The number of unbranched alkanes of at least 4 members (excludes halogenated alkanes) is 1. The van der Waals surface area contributed by atoms with Crippen LogP contribution in [0.3, 0.4) is 0 Å². The normalized spacial score (nSPS) is 11.1. The molecule has 0 radical (unpaired) electrons. The van der Waals surface area contributed by atoms with Crippen molar-refractivity contribution < 1.29 is 71.5 Å². The molecule has 0 amide bonds. The fourth-order valence-electron chi connectivity index (χ4n) is 5.39. The first-order valence-corrected chi connectivity index (χ1v) is 19.8. The van der Waals surface area contributed by atoms with Gasteiger partial charge in [-0.25, -0.2) is 24.0 Å². The summed E-state index contributed by atoms with van der Waals surface area (Å²) in [5.74, 6) is -3.81. The molecule has 0 N–H and O–H groups in total. The van der Waals surface area contributed by atoms with Crippen molar-refractivity contribution in [3.05, 3.63) is 127 Å². The van der Waals surface area contributed by atoms with Gasteiger partial charge in [0.25, 0.3) is 0 Å². The van der Waals surface area contributed by atoms with E-state index in [0.29, 0.717) is 54.9 Å². The zero-order valence-electron chi connectivity index (χ0n) is 35.0. The van der Waals surface area contributed by atoms with Crippen LogP contribution in [-0.4, -0.2) is 80.9 Å². The van der Waals surface area contributed by atoms with Crippen LogP contribution in [0.1, 0.15) is 78.1 Å². The minimum Gasteiger partial charge on any atom is -0.494 e. The van der Waals surface area contributed by atoms with E-state index in [1.807, 2.05) is 26.0 Å². The van der Waals surface area contributed by atoms with E-state index < -0.39 is 73.6 Å². The van der Waals surface area contributed by atoms with Gasteiger partial charge >= 0.3 is 41.8 Å². The van der Waals surface area contributed by atoms with Gasteiger partial charge in [0.15, 0.2) is 0 Å². The van der Waals surface area contributed by atoms with E-state index in [1.54, 1.807) is 36.4 Å². The molecule has 0 heterocycles. The number of hydrogen-bond donors (Lipinski definition) is 0. The van der Waals surface area contributed by atoms with Crippen molar-refractivity contribution in [2.24, 2.45) is 5.41 Å². The molecule has 15 nitrogen and oxygen atoms in total.